The Hall–Kier alpha value is -2.33. The highest BCUT2D eigenvalue weighted by Gasteiger charge is 2.15. The van der Waals surface area contributed by atoms with Crippen LogP contribution in [0.5, 0.6) is 5.75 Å². The van der Waals surface area contributed by atoms with Crippen LogP contribution in [0.2, 0.25) is 0 Å². The molecule has 2 aromatic carbocycles. The molecule has 4 nitrogen and oxygen atoms in total. The Morgan fingerprint density at radius 2 is 2.00 bits per heavy atom. The molecule has 1 saturated heterocycles. The van der Waals surface area contributed by atoms with E-state index in [2.05, 4.69) is 5.32 Å². The van der Waals surface area contributed by atoms with Gasteiger partial charge in [0.1, 0.15) is 5.75 Å². The normalized spacial score (nSPS) is 16.4. The van der Waals surface area contributed by atoms with Crippen molar-refractivity contribution in [3.63, 3.8) is 0 Å². The Labute approximate surface area is 155 Å². The molecule has 1 atom stereocenters. The second-order valence-corrected chi connectivity index (χ2v) is 6.67. The molecule has 1 aliphatic rings. The average molecular weight is 353 g/mol. The molecule has 4 heteroatoms. The molecule has 1 heterocycles. The molecular weight excluding hydrogens is 326 g/mol. The Morgan fingerprint density at radius 3 is 2.77 bits per heavy atom. The lowest BCUT2D eigenvalue weighted by atomic mass is 10.0. The summed E-state index contributed by atoms with van der Waals surface area (Å²) < 4.78 is 11.0. The van der Waals surface area contributed by atoms with Crippen LogP contribution in [0.25, 0.3) is 11.1 Å². The molecule has 3 rings (SSSR count). The summed E-state index contributed by atoms with van der Waals surface area (Å²) in [4.78, 5) is 12.4. The quantitative estimate of drug-likeness (QED) is 0.720. The molecule has 1 N–H and O–H groups in total. The summed E-state index contributed by atoms with van der Waals surface area (Å²) in [6.07, 6.45) is 3.26. The van der Waals surface area contributed by atoms with Crippen molar-refractivity contribution in [2.45, 2.75) is 26.2 Å². The van der Waals surface area contributed by atoms with Gasteiger partial charge in [-0.1, -0.05) is 24.3 Å². The number of rotatable bonds is 8. The minimum atomic E-state index is -0.0181. The van der Waals surface area contributed by atoms with E-state index >= 15 is 0 Å². The van der Waals surface area contributed by atoms with Gasteiger partial charge in [0.2, 0.25) is 0 Å². The zero-order valence-electron chi connectivity index (χ0n) is 15.4. The first-order chi connectivity index (χ1) is 12.8. The number of ether oxygens (including phenoxy) is 2. The second kappa shape index (κ2) is 9.39. The lowest BCUT2D eigenvalue weighted by Crippen LogP contribution is -2.24. The highest BCUT2D eigenvalue weighted by atomic mass is 16.5. The Balaban J connectivity index is 1.57. The molecule has 2 aromatic rings. The van der Waals surface area contributed by atoms with Crippen LogP contribution in [0.1, 0.15) is 36.5 Å². The van der Waals surface area contributed by atoms with Crippen molar-refractivity contribution in [1.82, 2.24) is 5.32 Å². The van der Waals surface area contributed by atoms with Crippen LogP contribution < -0.4 is 10.1 Å². The molecule has 26 heavy (non-hydrogen) atoms. The summed E-state index contributed by atoms with van der Waals surface area (Å²) in [5, 5.41) is 3.03. The van der Waals surface area contributed by atoms with Crippen LogP contribution in [0.3, 0.4) is 0 Å². The summed E-state index contributed by atoms with van der Waals surface area (Å²) in [7, 11) is 0. The number of hydrogen-bond donors (Lipinski definition) is 1. The number of nitrogens with one attached hydrogen (secondary N) is 1. The maximum atomic E-state index is 12.4. The van der Waals surface area contributed by atoms with Crippen LogP contribution in [-0.2, 0) is 4.74 Å². The van der Waals surface area contributed by atoms with Crippen LogP contribution in [-0.4, -0.2) is 32.3 Å². The predicted molar refractivity (Wildman–Crippen MR) is 104 cm³/mol. The van der Waals surface area contributed by atoms with Crippen molar-refractivity contribution in [2.75, 3.05) is 26.4 Å². The first-order valence-electron chi connectivity index (χ1n) is 9.45. The second-order valence-electron chi connectivity index (χ2n) is 6.67. The maximum Gasteiger partial charge on any atom is 0.251 e. The van der Waals surface area contributed by atoms with Gasteiger partial charge in [0.25, 0.3) is 5.91 Å². The standard InChI is InChI=1S/C22H27NO3/c1-2-26-21-10-4-8-19(15-21)18-7-3-9-20(14-18)22(24)23-12-5-6-17-11-13-25-16-17/h3-4,7-10,14-15,17H,2,5-6,11-13,16H2,1H3,(H,23,24)/t17-/m1/s1. The third kappa shape index (κ3) is 5.09. The topological polar surface area (TPSA) is 47.6 Å². The first-order valence-corrected chi connectivity index (χ1v) is 9.45. The smallest absolute Gasteiger partial charge is 0.251 e. The van der Waals surface area contributed by atoms with Gasteiger partial charge in [0.05, 0.1) is 6.61 Å². The van der Waals surface area contributed by atoms with Crippen molar-refractivity contribution >= 4 is 5.91 Å². The number of carbonyl (C=O) groups is 1. The average Bonchev–Trinajstić information content (AvgIpc) is 3.19. The van der Waals surface area contributed by atoms with Crippen molar-refractivity contribution < 1.29 is 14.3 Å². The van der Waals surface area contributed by atoms with E-state index in [9.17, 15) is 4.79 Å². The van der Waals surface area contributed by atoms with Gasteiger partial charge in [-0.25, -0.2) is 0 Å². The summed E-state index contributed by atoms with van der Waals surface area (Å²) >= 11 is 0. The van der Waals surface area contributed by atoms with Crippen molar-refractivity contribution in [2.24, 2.45) is 5.92 Å². The number of amides is 1. The molecule has 0 aliphatic carbocycles. The first kappa shape index (κ1) is 18.5. The van der Waals surface area contributed by atoms with Crippen molar-refractivity contribution in [3.05, 3.63) is 54.1 Å². The zero-order chi connectivity index (χ0) is 18.2. The molecule has 0 bridgehead atoms. The van der Waals surface area contributed by atoms with Crippen molar-refractivity contribution in [1.29, 1.82) is 0 Å². The van der Waals surface area contributed by atoms with Gasteiger partial charge in [0.15, 0.2) is 0 Å². The third-order valence-electron chi connectivity index (χ3n) is 4.70. The minimum absolute atomic E-state index is 0.0181. The maximum absolute atomic E-state index is 12.4. The Morgan fingerprint density at radius 1 is 1.19 bits per heavy atom. The molecule has 0 spiro atoms. The highest BCUT2D eigenvalue weighted by Crippen LogP contribution is 2.25. The highest BCUT2D eigenvalue weighted by molar-refractivity contribution is 5.95. The van der Waals surface area contributed by atoms with E-state index in [0.29, 0.717) is 24.6 Å². The summed E-state index contributed by atoms with van der Waals surface area (Å²) in [6.45, 7) is 5.07. The van der Waals surface area contributed by atoms with Gasteiger partial charge in [0, 0.05) is 25.3 Å². The molecule has 1 fully saturated rings. The monoisotopic (exact) mass is 353 g/mol. The fourth-order valence-corrected chi connectivity index (χ4v) is 3.28. The van der Waals surface area contributed by atoms with Gasteiger partial charge in [-0.15, -0.1) is 0 Å². The minimum Gasteiger partial charge on any atom is -0.494 e. The number of benzene rings is 2. The largest absolute Gasteiger partial charge is 0.494 e. The molecule has 138 valence electrons. The van der Waals surface area contributed by atoms with E-state index in [1.807, 2.05) is 55.5 Å². The molecular formula is C22H27NO3. The van der Waals surface area contributed by atoms with Crippen LogP contribution >= 0.6 is 0 Å². The molecule has 1 amide bonds. The summed E-state index contributed by atoms with van der Waals surface area (Å²) in [5.41, 5.74) is 2.75. The van der Waals surface area contributed by atoms with Crippen LogP contribution in [0, 0.1) is 5.92 Å². The van der Waals surface area contributed by atoms with Crippen LogP contribution in [0.4, 0.5) is 0 Å². The number of hydrogen-bond acceptors (Lipinski definition) is 3. The molecule has 0 aromatic heterocycles. The van der Waals surface area contributed by atoms with Gasteiger partial charge in [-0.3, -0.25) is 4.79 Å². The SMILES string of the molecule is CCOc1cccc(-c2cccc(C(=O)NCCC[C@@H]3CCOC3)c2)c1. The molecule has 0 unspecified atom stereocenters. The lowest BCUT2D eigenvalue weighted by molar-refractivity contribution is 0.0952. The predicted octanol–water partition coefficient (Wildman–Crippen LogP) is 4.30. The van der Waals surface area contributed by atoms with E-state index in [0.717, 1.165) is 49.4 Å². The van der Waals surface area contributed by atoms with Gasteiger partial charge < -0.3 is 14.8 Å². The summed E-state index contributed by atoms with van der Waals surface area (Å²) in [5.74, 6) is 1.49. The Kier molecular flexibility index (Phi) is 6.67. The summed E-state index contributed by atoms with van der Waals surface area (Å²) in [6, 6.07) is 15.7. The van der Waals surface area contributed by atoms with E-state index in [1.165, 1.54) is 0 Å². The number of carbonyl (C=O) groups excluding carboxylic acids is 1. The van der Waals surface area contributed by atoms with E-state index < -0.39 is 0 Å². The van der Waals surface area contributed by atoms with E-state index in [-0.39, 0.29) is 5.91 Å². The van der Waals surface area contributed by atoms with Crippen molar-refractivity contribution in [3.8, 4) is 16.9 Å². The molecule has 0 radical (unpaired) electrons. The molecule has 1 aliphatic heterocycles. The van der Waals surface area contributed by atoms with Gasteiger partial charge in [-0.2, -0.15) is 0 Å². The third-order valence-corrected chi connectivity index (χ3v) is 4.70. The van der Waals surface area contributed by atoms with Crippen LogP contribution in [0.15, 0.2) is 48.5 Å². The fourth-order valence-electron chi connectivity index (χ4n) is 3.28. The zero-order valence-corrected chi connectivity index (χ0v) is 15.4. The van der Waals surface area contributed by atoms with Gasteiger partial charge in [-0.05, 0) is 67.5 Å². The Bertz CT molecular complexity index is 723. The van der Waals surface area contributed by atoms with Gasteiger partial charge >= 0.3 is 0 Å². The fraction of sp³-hybridized carbons (Fsp3) is 0.409. The lowest BCUT2D eigenvalue weighted by Gasteiger charge is -2.10. The van der Waals surface area contributed by atoms with E-state index in [4.69, 9.17) is 9.47 Å². The van der Waals surface area contributed by atoms with E-state index in [1.54, 1.807) is 0 Å². The molecule has 0 saturated carbocycles.